The van der Waals surface area contributed by atoms with Gasteiger partial charge in [-0.1, -0.05) is 11.8 Å². The normalized spacial score (nSPS) is 20.8. The number of hydrogen-bond acceptors (Lipinski definition) is 3. The summed E-state index contributed by atoms with van der Waals surface area (Å²) in [6.07, 6.45) is 1.82. The van der Waals surface area contributed by atoms with Crippen molar-refractivity contribution in [2.75, 3.05) is 5.32 Å². The van der Waals surface area contributed by atoms with Gasteiger partial charge in [0, 0.05) is 6.20 Å². The van der Waals surface area contributed by atoms with Gasteiger partial charge in [-0.3, -0.25) is 4.79 Å². The lowest BCUT2D eigenvalue weighted by molar-refractivity contribution is -0.115. The molecule has 1 amide bonds. The number of carbonyl (C=O) groups excluding carboxylic acids is 1. The predicted octanol–water partition coefficient (Wildman–Crippen LogP) is 1.82. The zero-order valence-corrected chi connectivity index (χ0v) is 8.31. The Kier molecular flexibility index (Phi) is 2.00. The van der Waals surface area contributed by atoms with Gasteiger partial charge in [0.15, 0.2) is 0 Å². The average Bonchev–Trinajstić information content (AvgIpc) is 2.08. The molecule has 2 heterocycles. The minimum absolute atomic E-state index is 0.0392. The van der Waals surface area contributed by atoms with Gasteiger partial charge >= 0.3 is 0 Å². The highest BCUT2D eigenvalue weighted by Gasteiger charge is 2.23. The van der Waals surface area contributed by atoms with Gasteiger partial charge in [-0.2, -0.15) is 0 Å². The highest BCUT2D eigenvalue weighted by atomic mass is 32.2. The van der Waals surface area contributed by atoms with Crippen LogP contribution in [0, 0.1) is 6.92 Å². The van der Waals surface area contributed by atoms with Crippen LogP contribution in [0.15, 0.2) is 17.3 Å². The highest BCUT2D eigenvalue weighted by molar-refractivity contribution is 8.00. The van der Waals surface area contributed by atoms with Crippen LogP contribution in [0.25, 0.3) is 0 Å². The van der Waals surface area contributed by atoms with Crippen molar-refractivity contribution in [1.29, 1.82) is 0 Å². The molecule has 1 aliphatic rings. The van der Waals surface area contributed by atoms with E-state index < -0.39 is 0 Å². The number of anilines is 1. The molecule has 4 heteroatoms. The molecule has 1 unspecified atom stereocenters. The van der Waals surface area contributed by atoms with Crippen molar-refractivity contribution in [3.05, 3.63) is 17.8 Å². The molecule has 13 heavy (non-hydrogen) atoms. The molecule has 3 nitrogen and oxygen atoms in total. The Bertz CT molecular complexity index is 365. The Morgan fingerprint density at radius 3 is 3.15 bits per heavy atom. The van der Waals surface area contributed by atoms with Gasteiger partial charge in [0.2, 0.25) is 5.91 Å². The van der Waals surface area contributed by atoms with E-state index in [1.54, 1.807) is 0 Å². The average molecular weight is 194 g/mol. The Morgan fingerprint density at radius 2 is 2.38 bits per heavy atom. The third-order valence-electron chi connectivity index (χ3n) is 1.90. The molecule has 0 fully saturated rings. The standard InChI is InChI=1S/C9H10N2OS/c1-5-3-7-9(10-4-5)13-6(2)8(12)11-7/h3-4,6H,1-2H3,(H,11,12). The summed E-state index contributed by atoms with van der Waals surface area (Å²) < 4.78 is 0. The van der Waals surface area contributed by atoms with Crippen molar-refractivity contribution in [2.45, 2.75) is 24.1 Å². The van der Waals surface area contributed by atoms with Crippen molar-refractivity contribution in [3.63, 3.8) is 0 Å². The van der Waals surface area contributed by atoms with Crippen LogP contribution in [0.3, 0.4) is 0 Å². The summed E-state index contributed by atoms with van der Waals surface area (Å²) >= 11 is 1.51. The first kappa shape index (κ1) is 8.56. The molecule has 0 bridgehead atoms. The van der Waals surface area contributed by atoms with Gasteiger partial charge in [0.1, 0.15) is 5.03 Å². The lowest BCUT2D eigenvalue weighted by Gasteiger charge is -2.20. The summed E-state index contributed by atoms with van der Waals surface area (Å²) in [4.78, 5) is 15.6. The molecule has 0 saturated heterocycles. The summed E-state index contributed by atoms with van der Waals surface area (Å²) in [5.41, 5.74) is 1.90. The van der Waals surface area contributed by atoms with Crippen LogP contribution in [-0.4, -0.2) is 16.1 Å². The van der Waals surface area contributed by atoms with Crippen LogP contribution in [-0.2, 0) is 4.79 Å². The van der Waals surface area contributed by atoms with E-state index in [9.17, 15) is 4.79 Å². The van der Waals surface area contributed by atoms with E-state index in [-0.39, 0.29) is 11.2 Å². The smallest absolute Gasteiger partial charge is 0.237 e. The van der Waals surface area contributed by atoms with Gasteiger partial charge in [-0.05, 0) is 25.5 Å². The van der Waals surface area contributed by atoms with E-state index in [2.05, 4.69) is 10.3 Å². The SMILES string of the molecule is Cc1cnc2c(c1)NC(=O)C(C)S2. The van der Waals surface area contributed by atoms with E-state index in [0.29, 0.717) is 0 Å². The molecule has 2 rings (SSSR count). The molecule has 0 spiro atoms. The molecular formula is C9H10N2OS. The molecular weight excluding hydrogens is 184 g/mol. The molecule has 1 aromatic heterocycles. The fraction of sp³-hybridized carbons (Fsp3) is 0.333. The maximum atomic E-state index is 11.3. The lowest BCUT2D eigenvalue weighted by atomic mass is 10.3. The quantitative estimate of drug-likeness (QED) is 0.685. The molecule has 0 aromatic carbocycles. The van der Waals surface area contributed by atoms with Gasteiger partial charge in [0.25, 0.3) is 0 Å². The van der Waals surface area contributed by atoms with Crippen molar-refractivity contribution < 1.29 is 4.79 Å². The summed E-state index contributed by atoms with van der Waals surface area (Å²) in [7, 11) is 0. The summed E-state index contributed by atoms with van der Waals surface area (Å²) in [5.74, 6) is 0.0601. The third kappa shape index (κ3) is 1.54. The Hall–Kier alpha value is -1.03. The third-order valence-corrected chi connectivity index (χ3v) is 3.02. The molecule has 0 aliphatic carbocycles. The second-order valence-electron chi connectivity index (χ2n) is 3.11. The first-order valence-electron chi connectivity index (χ1n) is 4.11. The van der Waals surface area contributed by atoms with Gasteiger partial charge < -0.3 is 5.32 Å². The number of carbonyl (C=O) groups is 1. The highest BCUT2D eigenvalue weighted by Crippen LogP contribution is 2.33. The Morgan fingerprint density at radius 1 is 1.62 bits per heavy atom. The van der Waals surface area contributed by atoms with Crippen LogP contribution < -0.4 is 5.32 Å². The largest absolute Gasteiger partial charge is 0.323 e. The predicted molar refractivity (Wildman–Crippen MR) is 52.9 cm³/mol. The number of nitrogens with one attached hydrogen (secondary N) is 1. The monoisotopic (exact) mass is 194 g/mol. The number of fused-ring (bicyclic) bond motifs is 1. The first-order chi connectivity index (χ1) is 6.16. The lowest BCUT2D eigenvalue weighted by Crippen LogP contribution is -2.26. The minimum atomic E-state index is -0.0392. The van der Waals surface area contributed by atoms with E-state index in [0.717, 1.165) is 16.3 Å². The molecule has 1 atom stereocenters. The van der Waals surface area contributed by atoms with Crippen LogP contribution in [0.4, 0.5) is 5.69 Å². The zero-order chi connectivity index (χ0) is 9.42. The van der Waals surface area contributed by atoms with E-state index >= 15 is 0 Å². The summed E-state index contributed by atoms with van der Waals surface area (Å²) in [6, 6.07) is 1.94. The minimum Gasteiger partial charge on any atom is -0.323 e. The molecule has 0 radical (unpaired) electrons. The molecule has 1 aromatic rings. The van der Waals surface area contributed by atoms with Crippen LogP contribution in [0.2, 0.25) is 0 Å². The zero-order valence-electron chi connectivity index (χ0n) is 7.50. The molecule has 0 saturated carbocycles. The van der Waals surface area contributed by atoms with E-state index in [1.807, 2.05) is 26.1 Å². The maximum Gasteiger partial charge on any atom is 0.237 e. The molecule has 1 N–H and O–H groups in total. The topological polar surface area (TPSA) is 42.0 Å². The Balaban J connectivity index is 2.42. The second kappa shape index (κ2) is 3.03. The number of aromatic nitrogens is 1. The van der Waals surface area contributed by atoms with Crippen molar-refractivity contribution in [1.82, 2.24) is 4.98 Å². The summed E-state index contributed by atoms with van der Waals surface area (Å²) in [5, 5.41) is 3.70. The number of rotatable bonds is 0. The van der Waals surface area contributed by atoms with Crippen LogP contribution in [0.1, 0.15) is 12.5 Å². The van der Waals surface area contributed by atoms with Crippen molar-refractivity contribution >= 4 is 23.4 Å². The van der Waals surface area contributed by atoms with Crippen molar-refractivity contribution in [2.24, 2.45) is 0 Å². The molecule has 68 valence electrons. The van der Waals surface area contributed by atoms with Gasteiger partial charge in [-0.15, -0.1) is 0 Å². The fourth-order valence-corrected chi connectivity index (χ4v) is 2.05. The first-order valence-corrected chi connectivity index (χ1v) is 4.99. The number of nitrogens with zero attached hydrogens (tertiary/aromatic N) is 1. The van der Waals surface area contributed by atoms with Crippen molar-refractivity contribution in [3.8, 4) is 0 Å². The summed E-state index contributed by atoms with van der Waals surface area (Å²) in [6.45, 7) is 3.84. The number of hydrogen-bond donors (Lipinski definition) is 1. The number of aryl methyl sites for hydroxylation is 1. The van der Waals surface area contributed by atoms with E-state index in [1.165, 1.54) is 11.8 Å². The van der Waals surface area contributed by atoms with E-state index in [4.69, 9.17) is 0 Å². The van der Waals surface area contributed by atoms with Gasteiger partial charge in [0.05, 0.1) is 10.9 Å². The fourth-order valence-electron chi connectivity index (χ4n) is 1.20. The second-order valence-corrected chi connectivity index (χ2v) is 4.44. The number of pyridine rings is 1. The number of thioether (sulfide) groups is 1. The van der Waals surface area contributed by atoms with Gasteiger partial charge in [-0.25, -0.2) is 4.98 Å². The number of amides is 1. The van der Waals surface area contributed by atoms with Crippen LogP contribution >= 0.6 is 11.8 Å². The molecule has 1 aliphatic heterocycles. The maximum absolute atomic E-state index is 11.3. The Labute approximate surface area is 80.9 Å². The van der Waals surface area contributed by atoms with Crippen LogP contribution in [0.5, 0.6) is 0 Å².